The zero-order valence-corrected chi connectivity index (χ0v) is 14.8. The second-order valence-electron chi connectivity index (χ2n) is 6.21. The zero-order chi connectivity index (χ0) is 19.7. The van der Waals surface area contributed by atoms with E-state index in [1.807, 2.05) is 0 Å². The van der Waals surface area contributed by atoms with Gasteiger partial charge >= 0.3 is 6.18 Å². The van der Waals surface area contributed by atoms with Gasteiger partial charge in [-0.1, -0.05) is 0 Å². The van der Waals surface area contributed by atoms with E-state index in [-0.39, 0.29) is 23.1 Å². The summed E-state index contributed by atoms with van der Waals surface area (Å²) in [5.74, 6) is 0.116. The number of hydrogen-bond donors (Lipinski definition) is 2. The molecule has 2 N–H and O–H groups in total. The fourth-order valence-electron chi connectivity index (χ4n) is 2.69. The van der Waals surface area contributed by atoms with Crippen molar-refractivity contribution >= 4 is 27.2 Å². The van der Waals surface area contributed by atoms with E-state index in [1.54, 1.807) is 12.1 Å². The number of alkyl halides is 3. The minimum atomic E-state index is -4.46. The highest BCUT2D eigenvalue weighted by Gasteiger charge is 2.30. The number of amides is 1. The Hall–Kier alpha value is -2.62. The molecule has 1 aromatic carbocycles. The van der Waals surface area contributed by atoms with Crippen molar-refractivity contribution in [2.24, 2.45) is 0 Å². The summed E-state index contributed by atoms with van der Waals surface area (Å²) in [6.45, 7) is 0. The number of benzene rings is 1. The maximum atomic E-state index is 12.5. The molecule has 3 rings (SSSR count). The largest absolute Gasteiger partial charge is 0.416 e. The molecule has 27 heavy (non-hydrogen) atoms. The molecule has 1 atom stereocenters. The molecule has 0 saturated carbocycles. The third-order valence-electron chi connectivity index (χ3n) is 4.08. The van der Waals surface area contributed by atoms with E-state index in [1.165, 1.54) is 6.20 Å². The van der Waals surface area contributed by atoms with E-state index in [0.29, 0.717) is 17.9 Å². The summed E-state index contributed by atoms with van der Waals surface area (Å²) in [4.78, 5) is 16.2. The molecule has 1 aliphatic rings. The lowest BCUT2D eigenvalue weighted by atomic mass is 10.1. The van der Waals surface area contributed by atoms with Crippen LogP contribution in [0, 0.1) is 0 Å². The van der Waals surface area contributed by atoms with Crippen molar-refractivity contribution in [2.75, 3.05) is 22.1 Å². The summed E-state index contributed by atoms with van der Waals surface area (Å²) < 4.78 is 60.5. The Morgan fingerprint density at radius 1 is 1.11 bits per heavy atom. The SMILES string of the molecule is O=C(Nc1ccc(NC2CCS(=O)(=O)C2)nc1)c1ccc(C(F)(F)F)cc1. The molecule has 1 fully saturated rings. The topological polar surface area (TPSA) is 88.2 Å². The van der Waals surface area contributed by atoms with Crippen molar-refractivity contribution in [1.82, 2.24) is 4.98 Å². The maximum absolute atomic E-state index is 12.5. The second kappa shape index (κ2) is 7.18. The van der Waals surface area contributed by atoms with Crippen LogP contribution in [0.4, 0.5) is 24.7 Å². The molecule has 144 valence electrons. The fraction of sp³-hybridized carbons (Fsp3) is 0.294. The number of pyridine rings is 1. The quantitative estimate of drug-likeness (QED) is 0.825. The lowest BCUT2D eigenvalue weighted by molar-refractivity contribution is -0.137. The molecule has 2 heterocycles. The molecule has 6 nitrogen and oxygen atoms in total. The molecule has 1 saturated heterocycles. The van der Waals surface area contributed by atoms with Gasteiger partial charge in [0.15, 0.2) is 9.84 Å². The van der Waals surface area contributed by atoms with Crippen LogP contribution >= 0.6 is 0 Å². The van der Waals surface area contributed by atoms with Crippen molar-refractivity contribution in [3.63, 3.8) is 0 Å². The number of nitrogens with zero attached hydrogens (tertiary/aromatic N) is 1. The van der Waals surface area contributed by atoms with Gasteiger partial charge in [-0.05, 0) is 42.8 Å². The van der Waals surface area contributed by atoms with Gasteiger partial charge in [0, 0.05) is 11.6 Å². The van der Waals surface area contributed by atoms with Gasteiger partial charge < -0.3 is 10.6 Å². The van der Waals surface area contributed by atoms with Crippen molar-refractivity contribution in [2.45, 2.75) is 18.6 Å². The molecule has 1 unspecified atom stereocenters. The van der Waals surface area contributed by atoms with Crippen LogP contribution in [0.1, 0.15) is 22.3 Å². The number of anilines is 2. The van der Waals surface area contributed by atoms with Crippen molar-refractivity contribution in [1.29, 1.82) is 0 Å². The zero-order valence-electron chi connectivity index (χ0n) is 14.0. The Morgan fingerprint density at radius 2 is 1.81 bits per heavy atom. The molecule has 2 aromatic rings. The average Bonchev–Trinajstić information content (AvgIpc) is 2.94. The van der Waals surface area contributed by atoms with E-state index in [9.17, 15) is 26.4 Å². The molecule has 0 bridgehead atoms. The highest BCUT2D eigenvalue weighted by molar-refractivity contribution is 7.91. The lowest BCUT2D eigenvalue weighted by Crippen LogP contribution is -2.21. The van der Waals surface area contributed by atoms with E-state index in [2.05, 4.69) is 15.6 Å². The first-order valence-electron chi connectivity index (χ1n) is 8.04. The number of nitrogens with one attached hydrogen (secondary N) is 2. The highest BCUT2D eigenvalue weighted by atomic mass is 32.2. The molecule has 0 spiro atoms. The molecule has 1 aromatic heterocycles. The summed E-state index contributed by atoms with van der Waals surface area (Å²) in [7, 11) is -3.00. The van der Waals surface area contributed by atoms with Crippen LogP contribution in [-0.4, -0.2) is 36.9 Å². The Kier molecular flexibility index (Phi) is 5.09. The van der Waals surface area contributed by atoms with Gasteiger partial charge in [-0.15, -0.1) is 0 Å². The van der Waals surface area contributed by atoms with E-state index < -0.39 is 27.5 Å². The number of hydrogen-bond acceptors (Lipinski definition) is 5. The monoisotopic (exact) mass is 399 g/mol. The molecule has 0 radical (unpaired) electrons. The smallest absolute Gasteiger partial charge is 0.366 e. The minimum Gasteiger partial charge on any atom is -0.366 e. The van der Waals surface area contributed by atoms with Crippen LogP contribution in [0.3, 0.4) is 0 Å². The summed E-state index contributed by atoms with van der Waals surface area (Å²) >= 11 is 0. The van der Waals surface area contributed by atoms with E-state index in [4.69, 9.17) is 0 Å². The third-order valence-corrected chi connectivity index (χ3v) is 5.85. The molecule has 1 aliphatic heterocycles. The van der Waals surface area contributed by atoms with Gasteiger partial charge in [0.05, 0.1) is 29.0 Å². The van der Waals surface area contributed by atoms with Crippen molar-refractivity contribution in [3.8, 4) is 0 Å². The van der Waals surface area contributed by atoms with Crippen LogP contribution in [0.25, 0.3) is 0 Å². The Labute approximate surface area is 153 Å². The van der Waals surface area contributed by atoms with Gasteiger partial charge in [0.2, 0.25) is 0 Å². The summed E-state index contributed by atoms with van der Waals surface area (Å²) in [5, 5.41) is 5.56. The van der Waals surface area contributed by atoms with Crippen LogP contribution in [0.2, 0.25) is 0 Å². The molecule has 1 amide bonds. The Balaban J connectivity index is 1.60. The number of halogens is 3. The number of carbonyl (C=O) groups is 1. The van der Waals surface area contributed by atoms with E-state index >= 15 is 0 Å². The average molecular weight is 399 g/mol. The van der Waals surface area contributed by atoms with Crippen LogP contribution in [-0.2, 0) is 16.0 Å². The normalized spacial score (nSPS) is 18.9. The first-order valence-corrected chi connectivity index (χ1v) is 9.86. The Morgan fingerprint density at radius 3 is 2.33 bits per heavy atom. The van der Waals surface area contributed by atoms with Gasteiger partial charge in [-0.2, -0.15) is 13.2 Å². The van der Waals surface area contributed by atoms with Crippen LogP contribution in [0.15, 0.2) is 42.6 Å². The number of carbonyl (C=O) groups excluding carboxylic acids is 1. The van der Waals surface area contributed by atoms with E-state index in [0.717, 1.165) is 24.3 Å². The summed E-state index contributed by atoms with van der Waals surface area (Å²) in [6.07, 6.45) is -2.56. The first kappa shape index (κ1) is 19.2. The molecular formula is C17H16F3N3O3S. The summed E-state index contributed by atoms with van der Waals surface area (Å²) in [6, 6.07) is 6.85. The van der Waals surface area contributed by atoms with Gasteiger partial charge in [0.25, 0.3) is 5.91 Å². The summed E-state index contributed by atoms with van der Waals surface area (Å²) in [5.41, 5.74) is -0.379. The third kappa shape index (κ3) is 4.97. The van der Waals surface area contributed by atoms with Crippen LogP contribution in [0.5, 0.6) is 0 Å². The number of rotatable bonds is 4. The van der Waals surface area contributed by atoms with Crippen LogP contribution < -0.4 is 10.6 Å². The van der Waals surface area contributed by atoms with Gasteiger partial charge in [-0.25, -0.2) is 13.4 Å². The van der Waals surface area contributed by atoms with Crippen molar-refractivity contribution < 1.29 is 26.4 Å². The van der Waals surface area contributed by atoms with Gasteiger partial charge in [0.1, 0.15) is 5.82 Å². The second-order valence-corrected chi connectivity index (χ2v) is 8.43. The lowest BCUT2D eigenvalue weighted by Gasteiger charge is -2.12. The minimum absolute atomic E-state index is 0.0566. The number of sulfone groups is 1. The van der Waals surface area contributed by atoms with Crippen molar-refractivity contribution in [3.05, 3.63) is 53.7 Å². The van der Waals surface area contributed by atoms with Gasteiger partial charge in [-0.3, -0.25) is 4.79 Å². The predicted molar refractivity (Wildman–Crippen MR) is 94.3 cm³/mol. The highest BCUT2D eigenvalue weighted by Crippen LogP contribution is 2.29. The fourth-order valence-corrected chi connectivity index (χ4v) is 4.36. The Bertz CT molecular complexity index is 927. The number of aromatic nitrogens is 1. The standard InChI is InChI=1S/C17H16F3N3O3S/c18-17(19,20)12-3-1-11(2-4-12)16(24)23-13-5-6-15(21-9-13)22-14-7-8-27(25,26)10-14/h1-6,9,14H,7-8,10H2,(H,21,22)(H,23,24). The predicted octanol–water partition coefficient (Wildman–Crippen LogP) is 2.95. The molecule has 10 heteroatoms. The first-order chi connectivity index (χ1) is 12.6. The molecular weight excluding hydrogens is 383 g/mol. The maximum Gasteiger partial charge on any atom is 0.416 e. The molecule has 0 aliphatic carbocycles.